The Kier molecular flexibility index (Phi) is 3.29. The molecule has 1 aromatic rings. The minimum absolute atomic E-state index is 0.113. The predicted molar refractivity (Wildman–Crippen MR) is 72.5 cm³/mol. The van der Waals surface area contributed by atoms with Crippen LogP contribution in [0.4, 0.5) is 4.39 Å². The molecule has 0 bridgehead atoms. The van der Waals surface area contributed by atoms with Gasteiger partial charge in [-0.05, 0) is 50.7 Å². The number of aryl methyl sites for hydroxylation is 1. The number of halogens is 1. The predicted octanol–water partition coefficient (Wildman–Crippen LogP) is 3.54. The molecule has 0 N–H and O–H groups in total. The van der Waals surface area contributed by atoms with Crippen molar-refractivity contribution in [3.8, 4) is 0 Å². The smallest absolute Gasteiger partial charge is 0.257 e. The van der Waals surface area contributed by atoms with Crippen molar-refractivity contribution < 1.29 is 9.18 Å². The van der Waals surface area contributed by atoms with E-state index in [4.69, 9.17) is 0 Å². The zero-order valence-corrected chi connectivity index (χ0v) is 11.4. The van der Waals surface area contributed by atoms with Gasteiger partial charge >= 0.3 is 0 Å². The number of nitrogens with zero attached hydrogens (tertiary/aromatic N) is 1. The van der Waals surface area contributed by atoms with Crippen LogP contribution < -0.4 is 0 Å². The van der Waals surface area contributed by atoms with Gasteiger partial charge in [0, 0.05) is 12.6 Å². The van der Waals surface area contributed by atoms with Crippen molar-refractivity contribution in [2.24, 2.45) is 5.92 Å². The number of piperidine rings is 1. The summed E-state index contributed by atoms with van der Waals surface area (Å²) >= 11 is 0. The van der Waals surface area contributed by atoms with Gasteiger partial charge in [0.05, 0.1) is 5.56 Å². The quantitative estimate of drug-likeness (QED) is 0.757. The summed E-state index contributed by atoms with van der Waals surface area (Å²) in [6.07, 6.45) is 5.80. The van der Waals surface area contributed by atoms with E-state index in [1.807, 2.05) is 11.8 Å². The fourth-order valence-corrected chi connectivity index (χ4v) is 3.66. The van der Waals surface area contributed by atoms with Crippen LogP contribution in [-0.4, -0.2) is 23.4 Å². The van der Waals surface area contributed by atoms with Crippen molar-refractivity contribution in [3.63, 3.8) is 0 Å². The summed E-state index contributed by atoms with van der Waals surface area (Å²) in [5, 5.41) is 0. The molecule has 3 heteroatoms. The van der Waals surface area contributed by atoms with Gasteiger partial charge in [-0.15, -0.1) is 0 Å². The maximum atomic E-state index is 13.9. The lowest BCUT2D eigenvalue weighted by Crippen LogP contribution is -2.46. The molecule has 0 aromatic heterocycles. The Morgan fingerprint density at radius 3 is 2.89 bits per heavy atom. The van der Waals surface area contributed by atoms with Gasteiger partial charge in [-0.3, -0.25) is 4.79 Å². The second-order valence-electron chi connectivity index (χ2n) is 5.88. The molecule has 2 aliphatic rings. The average Bonchev–Trinajstić information content (AvgIpc) is 2.89. The van der Waals surface area contributed by atoms with E-state index < -0.39 is 5.82 Å². The average molecular weight is 261 g/mol. The van der Waals surface area contributed by atoms with Crippen LogP contribution in [0.2, 0.25) is 0 Å². The molecule has 2 nitrogen and oxygen atoms in total. The lowest BCUT2D eigenvalue weighted by molar-refractivity contribution is 0.0543. The standard InChI is InChI=1S/C16H20FNO/c1-11-7-8-14(17)13(10-11)16(19)18-9-3-5-12-4-2-6-15(12)18/h7-8,10,12,15H,2-6,9H2,1H3. The Morgan fingerprint density at radius 1 is 1.26 bits per heavy atom. The Balaban J connectivity index is 1.88. The maximum Gasteiger partial charge on any atom is 0.257 e. The molecule has 2 atom stereocenters. The van der Waals surface area contributed by atoms with Crippen molar-refractivity contribution in [1.82, 2.24) is 4.90 Å². The van der Waals surface area contributed by atoms with Crippen LogP contribution in [-0.2, 0) is 0 Å². The first-order valence-corrected chi connectivity index (χ1v) is 7.24. The molecule has 3 rings (SSSR count). The monoisotopic (exact) mass is 261 g/mol. The number of carbonyl (C=O) groups is 1. The molecule has 1 saturated carbocycles. The van der Waals surface area contributed by atoms with Gasteiger partial charge in [0.1, 0.15) is 5.82 Å². The second kappa shape index (κ2) is 4.95. The number of amides is 1. The lowest BCUT2D eigenvalue weighted by atomic mass is 9.91. The molecule has 1 amide bonds. The highest BCUT2D eigenvalue weighted by molar-refractivity contribution is 5.95. The summed E-state index contributed by atoms with van der Waals surface area (Å²) < 4.78 is 13.9. The van der Waals surface area contributed by atoms with E-state index in [-0.39, 0.29) is 11.5 Å². The summed E-state index contributed by atoms with van der Waals surface area (Å²) in [6.45, 7) is 2.68. The largest absolute Gasteiger partial charge is 0.335 e. The molecule has 1 aromatic carbocycles. The third-order valence-electron chi connectivity index (χ3n) is 4.61. The van der Waals surface area contributed by atoms with Crippen molar-refractivity contribution in [1.29, 1.82) is 0 Å². The zero-order valence-electron chi connectivity index (χ0n) is 11.4. The van der Waals surface area contributed by atoms with Crippen LogP contribution in [0.15, 0.2) is 18.2 Å². The Labute approximate surface area is 113 Å². The Hall–Kier alpha value is -1.38. The van der Waals surface area contributed by atoms with E-state index in [9.17, 15) is 9.18 Å². The molecule has 1 aliphatic carbocycles. The number of hydrogen-bond donors (Lipinski definition) is 0. The first-order chi connectivity index (χ1) is 9.16. The molecule has 1 aliphatic heterocycles. The topological polar surface area (TPSA) is 20.3 Å². The molecule has 1 saturated heterocycles. The fraction of sp³-hybridized carbons (Fsp3) is 0.562. The summed E-state index contributed by atoms with van der Waals surface area (Å²) in [4.78, 5) is 14.5. The van der Waals surface area contributed by atoms with Crippen LogP contribution in [0.5, 0.6) is 0 Å². The van der Waals surface area contributed by atoms with Crippen molar-refractivity contribution in [2.75, 3.05) is 6.54 Å². The summed E-state index contributed by atoms with van der Waals surface area (Å²) in [5.74, 6) is 0.138. The molecule has 102 valence electrons. The van der Waals surface area contributed by atoms with E-state index in [0.717, 1.165) is 24.9 Å². The maximum absolute atomic E-state index is 13.9. The van der Waals surface area contributed by atoms with Crippen molar-refractivity contribution >= 4 is 5.91 Å². The van der Waals surface area contributed by atoms with Gasteiger partial charge < -0.3 is 4.90 Å². The zero-order chi connectivity index (χ0) is 13.4. The second-order valence-corrected chi connectivity index (χ2v) is 5.88. The first kappa shape index (κ1) is 12.6. The number of likely N-dealkylation sites (tertiary alicyclic amines) is 1. The minimum atomic E-state index is -0.393. The van der Waals surface area contributed by atoms with Crippen LogP contribution in [0.25, 0.3) is 0 Å². The van der Waals surface area contributed by atoms with Gasteiger partial charge in [0.15, 0.2) is 0 Å². The molecule has 0 spiro atoms. The SMILES string of the molecule is Cc1ccc(F)c(C(=O)N2CCCC3CCCC32)c1. The summed E-state index contributed by atoms with van der Waals surface area (Å²) in [7, 11) is 0. The minimum Gasteiger partial charge on any atom is -0.335 e. The van der Waals surface area contributed by atoms with E-state index in [1.165, 1.54) is 25.3 Å². The van der Waals surface area contributed by atoms with E-state index >= 15 is 0 Å². The normalized spacial score (nSPS) is 26.3. The van der Waals surface area contributed by atoms with Gasteiger partial charge in [-0.25, -0.2) is 4.39 Å². The third kappa shape index (κ3) is 2.26. The lowest BCUT2D eigenvalue weighted by Gasteiger charge is -2.38. The van der Waals surface area contributed by atoms with Crippen LogP contribution >= 0.6 is 0 Å². The number of carbonyl (C=O) groups excluding carboxylic acids is 1. The van der Waals surface area contributed by atoms with E-state index in [0.29, 0.717) is 12.0 Å². The van der Waals surface area contributed by atoms with Gasteiger partial charge in [0.25, 0.3) is 5.91 Å². The number of hydrogen-bond acceptors (Lipinski definition) is 1. The van der Waals surface area contributed by atoms with Crippen LogP contribution in [0.3, 0.4) is 0 Å². The third-order valence-corrected chi connectivity index (χ3v) is 4.61. The highest BCUT2D eigenvalue weighted by Gasteiger charge is 2.38. The van der Waals surface area contributed by atoms with E-state index in [2.05, 4.69) is 0 Å². The first-order valence-electron chi connectivity index (χ1n) is 7.24. The number of fused-ring (bicyclic) bond motifs is 1. The van der Waals surface area contributed by atoms with Gasteiger partial charge in [-0.1, -0.05) is 18.1 Å². The van der Waals surface area contributed by atoms with Crippen molar-refractivity contribution in [3.05, 3.63) is 35.1 Å². The highest BCUT2D eigenvalue weighted by atomic mass is 19.1. The van der Waals surface area contributed by atoms with Crippen LogP contribution in [0.1, 0.15) is 48.0 Å². The Morgan fingerprint density at radius 2 is 2.05 bits per heavy atom. The Bertz CT molecular complexity index is 500. The van der Waals surface area contributed by atoms with Gasteiger partial charge in [0.2, 0.25) is 0 Å². The number of rotatable bonds is 1. The van der Waals surface area contributed by atoms with E-state index in [1.54, 1.807) is 12.1 Å². The highest BCUT2D eigenvalue weighted by Crippen LogP contribution is 2.37. The van der Waals surface area contributed by atoms with Crippen LogP contribution in [0, 0.1) is 18.7 Å². The summed E-state index contributed by atoms with van der Waals surface area (Å²) in [5.41, 5.74) is 1.18. The van der Waals surface area contributed by atoms with Crippen molar-refractivity contribution in [2.45, 2.75) is 45.1 Å². The molecule has 1 heterocycles. The molecular weight excluding hydrogens is 241 g/mol. The molecular formula is C16H20FNO. The fourth-order valence-electron chi connectivity index (χ4n) is 3.66. The summed E-state index contributed by atoms with van der Waals surface area (Å²) in [6, 6.07) is 5.14. The van der Waals surface area contributed by atoms with Gasteiger partial charge in [-0.2, -0.15) is 0 Å². The number of benzene rings is 1. The molecule has 0 radical (unpaired) electrons. The molecule has 2 fully saturated rings. The molecule has 19 heavy (non-hydrogen) atoms. The molecule has 2 unspecified atom stereocenters.